The highest BCUT2D eigenvalue weighted by atomic mass is 16.5. The van der Waals surface area contributed by atoms with Crippen LogP contribution in [0.15, 0.2) is 78.9 Å². The van der Waals surface area contributed by atoms with E-state index in [0.29, 0.717) is 19.4 Å². The molecular weight excluding hydrogens is 386 g/mol. The van der Waals surface area contributed by atoms with Crippen molar-refractivity contribution < 1.29 is 14.3 Å². The lowest BCUT2D eigenvalue weighted by Crippen LogP contribution is -2.29. The molecule has 0 N–H and O–H groups in total. The van der Waals surface area contributed by atoms with Crippen LogP contribution in [0.3, 0.4) is 0 Å². The quantitative estimate of drug-likeness (QED) is 0.448. The van der Waals surface area contributed by atoms with Gasteiger partial charge in [0, 0.05) is 32.0 Å². The maximum Gasteiger partial charge on any atom is 0.222 e. The summed E-state index contributed by atoms with van der Waals surface area (Å²) in [5, 5.41) is 0. The Kier molecular flexibility index (Phi) is 8.11. The first kappa shape index (κ1) is 22.4. The van der Waals surface area contributed by atoms with E-state index in [1.807, 2.05) is 42.3 Å². The second-order valence-electron chi connectivity index (χ2n) is 7.70. The predicted molar refractivity (Wildman–Crippen MR) is 125 cm³/mol. The largest absolute Gasteiger partial charge is 0.497 e. The van der Waals surface area contributed by atoms with Crippen LogP contribution in [0.4, 0.5) is 0 Å². The second kappa shape index (κ2) is 11.2. The molecule has 0 aliphatic heterocycles. The molecule has 0 unspecified atom stereocenters. The summed E-state index contributed by atoms with van der Waals surface area (Å²) < 4.78 is 10.7. The molecule has 0 heterocycles. The minimum atomic E-state index is 0.140. The molecule has 162 valence electrons. The van der Waals surface area contributed by atoms with Crippen LogP contribution in [0.5, 0.6) is 11.5 Å². The zero-order valence-electron chi connectivity index (χ0n) is 18.6. The van der Waals surface area contributed by atoms with Gasteiger partial charge in [0.15, 0.2) is 0 Å². The van der Waals surface area contributed by atoms with E-state index in [0.717, 1.165) is 23.5 Å². The van der Waals surface area contributed by atoms with Crippen molar-refractivity contribution in [1.29, 1.82) is 0 Å². The molecule has 4 heteroatoms. The van der Waals surface area contributed by atoms with E-state index in [2.05, 4.69) is 48.5 Å². The third-order valence-electron chi connectivity index (χ3n) is 5.62. The number of methoxy groups -OCH3 is 2. The van der Waals surface area contributed by atoms with Gasteiger partial charge in [-0.15, -0.1) is 0 Å². The fraction of sp³-hybridized carbons (Fsp3) is 0.296. The zero-order chi connectivity index (χ0) is 22.1. The van der Waals surface area contributed by atoms with Gasteiger partial charge in [-0.25, -0.2) is 0 Å². The summed E-state index contributed by atoms with van der Waals surface area (Å²) in [5.74, 6) is 1.88. The van der Waals surface area contributed by atoms with Gasteiger partial charge in [0.1, 0.15) is 11.5 Å². The first-order valence-corrected chi connectivity index (χ1v) is 10.7. The van der Waals surface area contributed by atoms with Gasteiger partial charge in [-0.05, 0) is 41.7 Å². The molecule has 0 radical (unpaired) electrons. The highest BCUT2D eigenvalue weighted by Crippen LogP contribution is 2.28. The van der Waals surface area contributed by atoms with Gasteiger partial charge >= 0.3 is 0 Å². The number of carbonyl (C=O) groups is 1. The third-order valence-corrected chi connectivity index (χ3v) is 5.62. The van der Waals surface area contributed by atoms with E-state index < -0.39 is 0 Å². The standard InChI is InChI=1S/C27H31NO3/c1-28(27(29)15-14-21-18-24(30-2)20-25(19-21)31-3)17-16-26(22-10-6-4-7-11-22)23-12-8-5-9-13-23/h4-13,18-20,26H,14-17H2,1-3H3. The molecular formula is C27H31NO3. The molecule has 0 saturated heterocycles. The maximum absolute atomic E-state index is 12.8. The minimum Gasteiger partial charge on any atom is -0.497 e. The predicted octanol–water partition coefficient (Wildman–Crippen LogP) is 5.32. The fourth-order valence-corrected chi connectivity index (χ4v) is 3.80. The summed E-state index contributed by atoms with van der Waals surface area (Å²) in [6.45, 7) is 0.703. The van der Waals surface area contributed by atoms with E-state index in [1.54, 1.807) is 14.2 Å². The molecule has 0 aliphatic rings. The summed E-state index contributed by atoms with van der Waals surface area (Å²) in [4.78, 5) is 14.6. The fourth-order valence-electron chi connectivity index (χ4n) is 3.80. The smallest absolute Gasteiger partial charge is 0.222 e. The molecule has 1 amide bonds. The van der Waals surface area contributed by atoms with Crippen molar-refractivity contribution in [2.24, 2.45) is 0 Å². The molecule has 3 aromatic carbocycles. The van der Waals surface area contributed by atoms with Crippen LogP contribution >= 0.6 is 0 Å². The molecule has 3 aromatic rings. The number of nitrogens with zero attached hydrogens (tertiary/aromatic N) is 1. The molecule has 3 rings (SSSR count). The van der Waals surface area contributed by atoms with Crippen molar-refractivity contribution in [3.05, 3.63) is 95.6 Å². The molecule has 0 atom stereocenters. The van der Waals surface area contributed by atoms with E-state index in [-0.39, 0.29) is 11.8 Å². The molecule has 0 aliphatic carbocycles. The number of amides is 1. The Balaban J connectivity index is 1.61. The van der Waals surface area contributed by atoms with Crippen LogP contribution in [0.2, 0.25) is 0 Å². The number of hydrogen-bond donors (Lipinski definition) is 0. The summed E-state index contributed by atoms with van der Waals surface area (Å²) >= 11 is 0. The van der Waals surface area contributed by atoms with Crippen molar-refractivity contribution in [3.8, 4) is 11.5 Å². The van der Waals surface area contributed by atoms with E-state index in [9.17, 15) is 4.79 Å². The van der Waals surface area contributed by atoms with Crippen LogP contribution in [-0.2, 0) is 11.2 Å². The molecule has 4 nitrogen and oxygen atoms in total. The van der Waals surface area contributed by atoms with Gasteiger partial charge in [-0.3, -0.25) is 4.79 Å². The van der Waals surface area contributed by atoms with Gasteiger partial charge in [0.2, 0.25) is 5.91 Å². The van der Waals surface area contributed by atoms with Crippen LogP contribution in [0, 0.1) is 0 Å². The average Bonchev–Trinajstić information content (AvgIpc) is 2.83. The number of rotatable bonds is 10. The number of benzene rings is 3. The molecule has 0 bridgehead atoms. The Morgan fingerprint density at radius 2 is 1.35 bits per heavy atom. The number of carbonyl (C=O) groups excluding carboxylic acids is 1. The van der Waals surface area contributed by atoms with Gasteiger partial charge in [-0.2, -0.15) is 0 Å². The van der Waals surface area contributed by atoms with Crippen molar-refractivity contribution in [3.63, 3.8) is 0 Å². The molecule has 0 saturated carbocycles. The van der Waals surface area contributed by atoms with E-state index in [4.69, 9.17) is 9.47 Å². The Morgan fingerprint density at radius 1 is 0.839 bits per heavy atom. The van der Waals surface area contributed by atoms with Gasteiger partial charge in [-0.1, -0.05) is 60.7 Å². The van der Waals surface area contributed by atoms with Gasteiger partial charge in [0.05, 0.1) is 14.2 Å². The number of hydrogen-bond acceptors (Lipinski definition) is 3. The maximum atomic E-state index is 12.8. The normalized spacial score (nSPS) is 10.7. The number of ether oxygens (including phenoxy) is 2. The molecule has 0 fully saturated rings. The van der Waals surface area contributed by atoms with Gasteiger partial charge < -0.3 is 14.4 Å². The molecule has 0 aromatic heterocycles. The summed E-state index contributed by atoms with van der Waals surface area (Å²) in [5.41, 5.74) is 3.58. The highest BCUT2D eigenvalue weighted by Gasteiger charge is 2.17. The van der Waals surface area contributed by atoms with Gasteiger partial charge in [0.25, 0.3) is 0 Å². The topological polar surface area (TPSA) is 38.8 Å². The average molecular weight is 418 g/mol. The Bertz CT molecular complexity index is 895. The second-order valence-corrected chi connectivity index (χ2v) is 7.70. The Labute approximate surface area is 185 Å². The summed E-state index contributed by atoms with van der Waals surface area (Å²) in [6, 6.07) is 26.8. The third kappa shape index (κ3) is 6.35. The highest BCUT2D eigenvalue weighted by molar-refractivity contribution is 5.76. The first-order valence-electron chi connectivity index (χ1n) is 10.7. The van der Waals surface area contributed by atoms with E-state index >= 15 is 0 Å². The van der Waals surface area contributed by atoms with Crippen LogP contribution in [0.25, 0.3) is 0 Å². The first-order chi connectivity index (χ1) is 15.1. The summed E-state index contributed by atoms with van der Waals surface area (Å²) in [6.07, 6.45) is 1.98. The molecule has 0 spiro atoms. The van der Waals surface area contributed by atoms with Crippen molar-refractivity contribution >= 4 is 5.91 Å². The monoisotopic (exact) mass is 417 g/mol. The Morgan fingerprint density at radius 3 is 1.84 bits per heavy atom. The lowest BCUT2D eigenvalue weighted by atomic mass is 9.88. The Hall–Kier alpha value is -3.27. The summed E-state index contributed by atoms with van der Waals surface area (Å²) in [7, 11) is 5.16. The SMILES string of the molecule is COc1cc(CCC(=O)N(C)CCC(c2ccccc2)c2ccccc2)cc(OC)c1. The van der Waals surface area contributed by atoms with Crippen molar-refractivity contribution in [2.45, 2.75) is 25.2 Å². The number of aryl methyl sites for hydroxylation is 1. The van der Waals surface area contributed by atoms with Crippen LogP contribution < -0.4 is 9.47 Å². The lowest BCUT2D eigenvalue weighted by Gasteiger charge is -2.23. The van der Waals surface area contributed by atoms with E-state index in [1.165, 1.54) is 11.1 Å². The molecule has 31 heavy (non-hydrogen) atoms. The van der Waals surface area contributed by atoms with Crippen molar-refractivity contribution in [2.75, 3.05) is 27.8 Å². The van der Waals surface area contributed by atoms with Crippen LogP contribution in [-0.4, -0.2) is 38.6 Å². The van der Waals surface area contributed by atoms with Crippen molar-refractivity contribution in [1.82, 2.24) is 4.90 Å². The lowest BCUT2D eigenvalue weighted by molar-refractivity contribution is -0.129. The minimum absolute atomic E-state index is 0.140. The van der Waals surface area contributed by atoms with Crippen LogP contribution in [0.1, 0.15) is 35.4 Å². The zero-order valence-corrected chi connectivity index (χ0v) is 18.6.